The first-order chi connectivity index (χ1) is 9.61. The van der Waals surface area contributed by atoms with Crippen LogP contribution in [0.25, 0.3) is 0 Å². The Bertz CT molecular complexity index is 634. The Morgan fingerprint density at radius 2 is 2.25 bits per heavy atom. The molecule has 104 valence electrons. The fourth-order valence-electron chi connectivity index (χ4n) is 1.69. The Morgan fingerprint density at radius 1 is 1.45 bits per heavy atom. The van der Waals surface area contributed by atoms with E-state index >= 15 is 0 Å². The predicted molar refractivity (Wildman–Crippen MR) is 83.9 cm³/mol. The number of ether oxygens (including phenoxy) is 1. The van der Waals surface area contributed by atoms with Crippen molar-refractivity contribution < 1.29 is 9.66 Å². The van der Waals surface area contributed by atoms with Gasteiger partial charge in [0, 0.05) is 39.7 Å². The highest BCUT2D eigenvalue weighted by molar-refractivity contribution is 14.1. The molecule has 0 saturated heterocycles. The van der Waals surface area contributed by atoms with Crippen LogP contribution >= 0.6 is 22.6 Å². The molecule has 2 aromatic rings. The molecule has 20 heavy (non-hydrogen) atoms. The van der Waals surface area contributed by atoms with Crippen LogP contribution in [-0.2, 0) is 6.54 Å². The molecule has 0 unspecified atom stereocenters. The van der Waals surface area contributed by atoms with E-state index in [1.54, 1.807) is 19.4 Å². The minimum Gasteiger partial charge on any atom is -0.481 e. The van der Waals surface area contributed by atoms with Gasteiger partial charge in [0.2, 0.25) is 5.88 Å². The van der Waals surface area contributed by atoms with Gasteiger partial charge in [-0.3, -0.25) is 10.1 Å². The third-order valence-electron chi connectivity index (χ3n) is 2.68. The molecular formula is C13H12IN3O3. The van der Waals surface area contributed by atoms with Gasteiger partial charge in [-0.05, 0) is 34.7 Å². The van der Waals surface area contributed by atoms with Gasteiger partial charge in [-0.15, -0.1) is 0 Å². The molecule has 1 heterocycles. The summed E-state index contributed by atoms with van der Waals surface area (Å²) in [4.78, 5) is 14.4. The number of nitrogens with zero attached hydrogens (tertiary/aromatic N) is 2. The van der Waals surface area contributed by atoms with E-state index in [0.29, 0.717) is 12.4 Å². The van der Waals surface area contributed by atoms with Crippen molar-refractivity contribution in [3.05, 3.63) is 55.8 Å². The van der Waals surface area contributed by atoms with E-state index in [1.165, 1.54) is 12.1 Å². The van der Waals surface area contributed by atoms with Crippen LogP contribution in [-0.4, -0.2) is 17.0 Å². The number of hydrogen-bond donors (Lipinski definition) is 1. The van der Waals surface area contributed by atoms with Gasteiger partial charge in [0.25, 0.3) is 5.69 Å². The van der Waals surface area contributed by atoms with Gasteiger partial charge < -0.3 is 10.1 Å². The van der Waals surface area contributed by atoms with Crippen LogP contribution in [0.1, 0.15) is 5.56 Å². The van der Waals surface area contributed by atoms with E-state index in [0.717, 1.165) is 14.8 Å². The van der Waals surface area contributed by atoms with Crippen molar-refractivity contribution in [2.75, 3.05) is 12.4 Å². The summed E-state index contributed by atoms with van der Waals surface area (Å²) in [7, 11) is 1.57. The van der Waals surface area contributed by atoms with Gasteiger partial charge in [-0.25, -0.2) is 4.98 Å². The summed E-state index contributed by atoms with van der Waals surface area (Å²) in [5.41, 5.74) is 1.84. The smallest absolute Gasteiger partial charge is 0.270 e. The molecule has 6 nitrogen and oxygen atoms in total. The van der Waals surface area contributed by atoms with Crippen molar-refractivity contribution in [2.45, 2.75) is 6.54 Å². The molecule has 0 bridgehead atoms. The number of pyridine rings is 1. The van der Waals surface area contributed by atoms with E-state index < -0.39 is 4.92 Å². The fraction of sp³-hybridized carbons (Fsp3) is 0.154. The third-order valence-corrected chi connectivity index (χ3v) is 3.57. The molecular weight excluding hydrogens is 373 g/mol. The van der Waals surface area contributed by atoms with Crippen molar-refractivity contribution in [2.24, 2.45) is 0 Å². The second kappa shape index (κ2) is 6.51. The maximum Gasteiger partial charge on any atom is 0.270 e. The molecule has 0 saturated carbocycles. The quantitative estimate of drug-likeness (QED) is 0.486. The van der Waals surface area contributed by atoms with Gasteiger partial charge in [0.1, 0.15) is 0 Å². The van der Waals surface area contributed by atoms with E-state index in [1.807, 2.05) is 12.1 Å². The second-order valence-corrected chi connectivity index (χ2v) is 5.11. The van der Waals surface area contributed by atoms with Crippen LogP contribution in [0.4, 0.5) is 11.4 Å². The highest BCUT2D eigenvalue weighted by Gasteiger charge is 2.09. The first-order valence-corrected chi connectivity index (χ1v) is 6.85. The SMILES string of the molecule is COc1ncccc1CNc1ccc([N+](=O)[O-])cc1I. The average Bonchev–Trinajstić information content (AvgIpc) is 2.46. The van der Waals surface area contributed by atoms with Crippen LogP contribution in [0.5, 0.6) is 5.88 Å². The van der Waals surface area contributed by atoms with Crippen LogP contribution < -0.4 is 10.1 Å². The van der Waals surface area contributed by atoms with Crippen molar-refractivity contribution in [1.29, 1.82) is 0 Å². The van der Waals surface area contributed by atoms with Gasteiger partial charge in [0.05, 0.1) is 12.0 Å². The number of halogens is 1. The zero-order valence-electron chi connectivity index (χ0n) is 10.7. The molecule has 0 fully saturated rings. The fourth-order valence-corrected chi connectivity index (χ4v) is 2.38. The number of nitro benzene ring substituents is 1. The number of anilines is 1. The molecule has 0 radical (unpaired) electrons. The monoisotopic (exact) mass is 385 g/mol. The zero-order valence-corrected chi connectivity index (χ0v) is 12.8. The Balaban J connectivity index is 2.13. The summed E-state index contributed by atoms with van der Waals surface area (Å²) >= 11 is 2.07. The van der Waals surface area contributed by atoms with E-state index in [2.05, 4.69) is 32.9 Å². The minimum atomic E-state index is -0.407. The topological polar surface area (TPSA) is 77.3 Å². The van der Waals surface area contributed by atoms with Crippen molar-refractivity contribution in [1.82, 2.24) is 4.98 Å². The summed E-state index contributed by atoms with van der Waals surface area (Å²) in [5.74, 6) is 0.567. The normalized spacial score (nSPS) is 10.1. The standard InChI is InChI=1S/C13H12IN3O3/c1-20-13-9(3-2-6-15-13)8-16-12-5-4-10(17(18)19)7-11(12)14/h2-7,16H,8H2,1H3. The molecule has 0 spiro atoms. The number of methoxy groups -OCH3 is 1. The van der Waals surface area contributed by atoms with Crippen molar-refractivity contribution in [3.8, 4) is 5.88 Å². The first kappa shape index (κ1) is 14.5. The summed E-state index contributed by atoms with van der Waals surface area (Å²) in [6.07, 6.45) is 1.66. The molecule has 1 aromatic carbocycles. The van der Waals surface area contributed by atoms with E-state index in [-0.39, 0.29) is 5.69 Å². The number of benzene rings is 1. The number of hydrogen-bond acceptors (Lipinski definition) is 5. The number of rotatable bonds is 5. The second-order valence-electron chi connectivity index (χ2n) is 3.95. The van der Waals surface area contributed by atoms with Crippen LogP contribution in [0.15, 0.2) is 36.5 Å². The number of aromatic nitrogens is 1. The largest absolute Gasteiger partial charge is 0.481 e. The highest BCUT2D eigenvalue weighted by Crippen LogP contribution is 2.25. The molecule has 0 aliphatic heterocycles. The van der Waals surface area contributed by atoms with Crippen molar-refractivity contribution in [3.63, 3.8) is 0 Å². The average molecular weight is 385 g/mol. The maximum absolute atomic E-state index is 10.7. The Morgan fingerprint density at radius 3 is 2.90 bits per heavy atom. The molecule has 0 atom stereocenters. The van der Waals surface area contributed by atoms with E-state index in [9.17, 15) is 10.1 Å². The molecule has 0 amide bonds. The lowest BCUT2D eigenvalue weighted by atomic mass is 10.2. The molecule has 2 rings (SSSR count). The predicted octanol–water partition coefficient (Wildman–Crippen LogP) is 3.22. The van der Waals surface area contributed by atoms with Crippen LogP contribution in [0, 0.1) is 13.7 Å². The van der Waals surface area contributed by atoms with Gasteiger partial charge in [-0.1, -0.05) is 6.07 Å². The summed E-state index contributed by atoms with van der Waals surface area (Å²) in [5, 5.41) is 13.9. The zero-order chi connectivity index (χ0) is 14.5. The first-order valence-electron chi connectivity index (χ1n) is 5.77. The number of nitrogens with one attached hydrogen (secondary N) is 1. The Labute approximate surface area is 129 Å². The third kappa shape index (κ3) is 3.35. The summed E-state index contributed by atoms with van der Waals surface area (Å²) < 4.78 is 5.96. The Hall–Kier alpha value is -1.90. The lowest BCUT2D eigenvalue weighted by Crippen LogP contribution is -2.04. The van der Waals surface area contributed by atoms with Gasteiger partial charge >= 0.3 is 0 Å². The molecule has 0 aliphatic rings. The van der Waals surface area contributed by atoms with E-state index in [4.69, 9.17) is 4.74 Å². The molecule has 0 aliphatic carbocycles. The van der Waals surface area contributed by atoms with Crippen LogP contribution in [0.3, 0.4) is 0 Å². The minimum absolute atomic E-state index is 0.0823. The van der Waals surface area contributed by atoms with Gasteiger partial charge in [0.15, 0.2) is 0 Å². The Kier molecular flexibility index (Phi) is 4.72. The number of non-ortho nitro benzene ring substituents is 1. The molecule has 1 N–H and O–H groups in total. The number of nitro groups is 1. The van der Waals surface area contributed by atoms with Gasteiger partial charge in [-0.2, -0.15) is 0 Å². The molecule has 1 aromatic heterocycles. The summed E-state index contributed by atoms with van der Waals surface area (Å²) in [6, 6.07) is 8.45. The lowest BCUT2D eigenvalue weighted by Gasteiger charge is -2.10. The maximum atomic E-state index is 10.7. The lowest BCUT2D eigenvalue weighted by molar-refractivity contribution is -0.384. The van der Waals surface area contributed by atoms with Crippen molar-refractivity contribution >= 4 is 34.0 Å². The molecule has 7 heteroatoms. The highest BCUT2D eigenvalue weighted by atomic mass is 127. The summed E-state index contributed by atoms with van der Waals surface area (Å²) in [6.45, 7) is 0.533. The van der Waals surface area contributed by atoms with Crippen LogP contribution in [0.2, 0.25) is 0 Å².